The van der Waals surface area contributed by atoms with Crippen LogP contribution < -0.4 is 10.6 Å². The topological polar surface area (TPSA) is 41.1 Å². The molecule has 0 aliphatic carbocycles. The molecule has 0 saturated heterocycles. The maximum atomic E-state index is 12.2. The van der Waals surface area contributed by atoms with E-state index in [1.54, 1.807) is 0 Å². The normalized spacial score (nSPS) is 16.4. The van der Waals surface area contributed by atoms with Crippen molar-refractivity contribution in [1.82, 2.24) is 5.32 Å². The van der Waals surface area contributed by atoms with E-state index in [2.05, 4.69) is 31.4 Å². The van der Waals surface area contributed by atoms with E-state index in [1.165, 1.54) is 11.3 Å². The van der Waals surface area contributed by atoms with Crippen LogP contribution in [0, 0.1) is 5.92 Å². The smallest absolute Gasteiger partial charge is 0.251 e. The Balaban J connectivity index is 1.96. The molecule has 1 aromatic rings. The van der Waals surface area contributed by atoms with Crippen LogP contribution in [-0.4, -0.2) is 18.5 Å². The van der Waals surface area contributed by atoms with Crippen molar-refractivity contribution < 1.29 is 4.79 Å². The summed E-state index contributed by atoms with van der Waals surface area (Å²) in [4.78, 5) is 12.2. The van der Waals surface area contributed by atoms with E-state index in [0.717, 1.165) is 31.4 Å². The van der Waals surface area contributed by atoms with Crippen LogP contribution in [-0.2, 0) is 6.42 Å². The second-order valence-electron chi connectivity index (χ2n) is 5.67. The summed E-state index contributed by atoms with van der Waals surface area (Å²) < 4.78 is 0. The molecule has 2 unspecified atom stereocenters. The van der Waals surface area contributed by atoms with E-state index >= 15 is 0 Å². The molecule has 0 bridgehead atoms. The van der Waals surface area contributed by atoms with Gasteiger partial charge in [-0.1, -0.05) is 20.3 Å². The summed E-state index contributed by atoms with van der Waals surface area (Å²) >= 11 is 0. The van der Waals surface area contributed by atoms with Gasteiger partial charge < -0.3 is 10.6 Å². The largest absolute Gasteiger partial charge is 0.384 e. The van der Waals surface area contributed by atoms with Crippen molar-refractivity contribution in [1.29, 1.82) is 0 Å². The number of anilines is 1. The number of rotatable bonds is 5. The molecule has 1 aromatic carbocycles. The summed E-state index contributed by atoms with van der Waals surface area (Å²) in [5.74, 6) is 0.699. The van der Waals surface area contributed by atoms with Crippen LogP contribution in [0.3, 0.4) is 0 Å². The lowest BCUT2D eigenvalue weighted by Crippen LogP contribution is -2.33. The van der Waals surface area contributed by atoms with Crippen molar-refractivity contribution >= 4 is 11.6 Å². The van der Waals surface area contributed by atoms with Crippen molar-refractivity contribution in [2.75, 3.05) is 11.9 Å². The SMILES string of the molecule is CCC(C)CC(C)NC(=O)c1ccc2c(c1)CCN2. The average molecular weight is 260 g/mol. The van der Waals surface area contributed by atoms with Gasteiger partial charge in [-0.05, 0) is 49.4 Å². The van der Waals surface area contributed by atoms with Gasteiger partial charge in [0, 0.05) is 23.8 Å². The predicted molar refractivity (Wildman–Crippen MR) is 79.6 cm³/mol. The van der Waals surface area contributed by atoms with Gasteiger partial charge in [-0.3, -0.25) is 4.79 Å². The molecule has 2 atom stereocenters. The highest BCUT2D eigenvalue weighted by Crippen LogP contribution is 2.23. The zero-order valence-corrected chi connectivity index (χ0v) is 12.1. The molecule has 0 spiro atoms. The molecule has 1 heterocycles. The number of nitrogens with one attached hydrogen (secondary N) is 2. The molecule has 1 aliphatic rings. The summed E-state index contributed by atoms with van der Waals surface area (Å²) in [5, 5.41) is 6.40. The van der Waals surface area contributed by atoms with Gasteiger partial charge in [0.25, 0.3) is 5.91 Å². The third-order valence-electron chi connectivity index (χ3n) is 3.91. The molecular weight excluding hydrogens is 236 g/mol. The van der Waals surface area contributed by atoms with Crippen molar-refractivity contribution in [2.45, 2.75) is 46.1 Å². The second kappa shape index (κ2) is 6.09. The predicted octanol–water partition coefficient (Wildman–Crippen LogP) is 3.21. The zero-order valence-electron chi connectivity index (χ0n) is 12.1. The van der Waals surface area contributed by atoms with Crippen LogP contribution in [0.2, 0.25) is 0 Å². The lowest BCUT2D eigenvalue weighted by atomic mass is 10.00. The summed E-state index contributed by atoms with van der Waals surface area (Å²) in [6, 6.07) is 6.16. The first-order valence-corrected chi connectivity index (χ1v) is 7.27. The van der Waals surface area contributed by atoms with Gasteiger partial charge in [0.05, 0.1) is 0 Å². The number of amides is 1. The van der Waals surface area contributed by atoms with Gasteiger partial charge in [-0.25, -0.2) is 0 Å². The Kier molecular flexibility index (Phi) is 4.46. The number of hydrogen-bond donors (Lipinski definition) is 2. The third kappa shape index (κ3) is 3.49. The summed E-state index contributed by atoms with van der Waals surface area (Å²) in [7, 11) is 0. The molecule has 1 amide bonds. The monoisotopic (exact) mass is 260 g/mol. The third-order valence-corrected chi connectivity index (χ3v) is 3.91. The highest BCUT2D eigenvalue weighted by atomic mass is 16.1. The maximum Gasteiger partial charge on any atom is 0.251 e. The molecule has 0 fully saturated rings. The van der Waals surface area contributed by atoms with Gasteiger partial charge in [0.1, 0.15) is 0 Å². The highest BCUT2D eigenvalue weighted by molar-refractivity contribution is 5.95. The lowest BCUT2D eigenvalue weighted by molar-refractivity contribution is 0.0935. The molecule has 2 rings (SSSR count). The minimum atomic E-state index is 0.0468. The van der Waals surface area contributed by atoms with E-state index < -0.39 is 0 Å². The molecule has 19 heavy (non-hydrogen) atoms. The maximum absolute atomic E-state index is 12.2. The standard InChI is InChI=1S/C16H24N2O/c1-4-11(2)9-12(3)18-16(19)14-5-6-15-13(10-14)7-8-17-15/h5-6,10-12,17H,4,7-9H2,1-3H3,(H,18,19). The quantitative estimate of drug-likeness (QED) is 0.853. The zero-order chi connectivity index (χ0) is 13.8. The molecule has 0 aromatic heterocycles. The van der Waals surface area contributed by atoms with Crippen molar-refractivity contribution in [3.05, 3.63) is 29.3 Å². The van der Waals surface area contributed by atoms with E-state index in [0.29, 0.717) is 5.92 Å². The van der Waals surface area contributed by atoms with Crippen molar-refractivity contribution in [2.24, 2.45) is 5.92 Å². The Morgan fingerprint density at radius 2 is 2.21 bits per heavy atom. The highest BCUT2D eigenvalue weighted by Gasteiger charge is 2.15. The number of carbonyl (C=O) groups is 1. The average Bonchev–Trinajstić information content (AvgIpc) is 2.85. The minimum absolute atomic E-state index is 0.0468. The molecule has 3 heteroatoms. The first-order chi connectivity index (χ1) is 9.10. The van der Waals surface area contributed by atoms with Crippen molar-refractivity contribution in [3.63, 3.8) is 0 Å². The van der Waals surface area contributed by atoms with Crippen LogP contribution in [0.15, 0.2) is 18.2 Å². The Hall–Kier alpha value is -1.51. The molecular formula is C16H24N2O. The number of fused-ring (bicyclic) bond motifs is 1. The van der Waals surface area contributed by atoms with Crippen LogP contribution >= 0.6 is 0 Å². The van der Waals surface area contributed by atoms with Crippen LogP contribution in [0.1, 0.15) is 49.5 Å². The molecule has 1 aliphatic heterocycles. The van der Waals surface area contributed by atoms with E-state index in [-0.39, 0.29) is 11.9 Å². The van der Waals surface area contributed by atoms with Crippen LogP contribution in [0.4, 0.5) is 5.69 Å². The number of benzene rings is 1. The van der Waals surface area contributed by atoms with E-state index in [9.17, 15) is 4.79 Å². The summed E-state index contributed by atoms with van der Waals surface area (Å²) in [5.41, 5.74) is 3.20. The van der Waals surface area contributed by atoms with E-state index in [1.807, 2.05) is 18.2 Å². The first kappa shape index (κ1) is 13.9. The molecule has 0 saturated carbocycles. The molecule has 104 valence electrons. The van der Waals surface area contributed by atoms with Gasteiger partial charge in [0.15, 0.2) is 0 Å². The molecule has 2 N–H and O–H groups in total. The van der Waals surface area contributed by atoms with Gasteiger partial charge in [-0.15, -0.1) is 0 Å². The fraction of sp³-hybridized carbons (Fsp3) is 0.562. The van der Waals surface area contributed by atoms with Gasteiger partial charge >= 0.3 is 0 Å². The van der Waals surface area contributed by atoms with E-state index in [4.69, 9.17) is 0 Å². The summed E-state index contributed by atoms with van der Waals surface area (Å²) in [6.45, 7) is 7.47. The van der Waals surface area contributed by atoms with Crippen molar-refractivity contribution in [3.8, 4) is 0 Å². The fourth-order valence-electron chi connectivity index (χ4n) is 2.58. The molecule has 0 radical (unpaired) electrons. The molecule has 3 nitrogen and oxygen atoms in total. The Bertz CT molecular complexity index is 456. The van der Waals surface area contributed by atoms with Crippen LogP contribution in [0.5, 0.6) is 0 Å². The minimum Gasteiger partial charge on any atom is -0.384 e. The Morgan fingerprint density at radius 3 is 2.95 bits per heavy atom. The second-order valence-corrected chi connectivity index (χ2v) is 5.67. The van der Waals surface area contributed by atoms with Crippen LogP contribution in [0.25, 0.3) is 0 Å². The van der Waals surface area contributed by atoms with Gasteiger partial charge in [0.2, 0.25) is 0 Å². The number of hydrogen-bond acceptors (Lipinski definition) is 2. The fourth-order valence-corrected chi connectivity index (χ4v) is 2.58. The number of carbonyl (C=O) groups excluding carboxylic acids is 1. The first-order valence-electron chi connectivity index (χ1n) is 7.27. The Labute approximate surface area is 115 Å². The Morgan fingerprint density at radius 1 is 1.42 bits per heavy atom. The van der Waals surface area contributed by atoms with Gasteiger partial charge in [-0.2, -0.15) is 0 Å². The lowest BCUT2D eigenvalue weighted by Gasteiger charge is -2.17. The summed E-state index contributed by atoms with van der Waals surface area (Å²) in [6.07, 6.45) is 3.21.